The van der Waals surface area contributed by atoms with Crippen LogP contribution in [-0.2, 0) is 9.59 Å². The number of aryl methyl sites for hydroxylation is 1. The summed E-state index contributed by atoms with van der Waals surface area (Å²) in [4.78, 5) is 28.3. The molecule has 1 aromatic heterocycles. The number of hydrogen-bond donors (Lipinski definition) is 1. The molecule has 0 fully saturated rings. The van der Waals surface area contributed by atoms with Crippen molar-refractivity contribution in [2.75, 3.05) is 38.0 Å². The number of hydrogen-bond acceptors (Lipinski definition) is 5. The lowest BCUT2D eigenvalue weighted by molar-refractivity contribution is -0.137. The maximum atomic E-state index is 12.3. The fourth-order valence-electron chi connectivity index (χ4n) is 2.22. The van der Waals surface area contributed by atoms with Gasteiger partial charge in [-0.1, -0.05) is 32.9 Å². The van der Waals surface area contributed by atoms with Gasteiger partial charge < -0.3 is 19.6 Å². The summed E-state index contributed by atoms with van der Waals surface area (Å²) in [7, 11) is 0. The van der Waals surface area contributed by atoms with Crippen LogP contribution in [0.25, 0.3) is 0 Å². The van der Waals surface area contributed by atoms with Crippen LogP contribution >= 0.6 is 0 Å². The number of aromatic nitrogens is 1. The van der Waals surface area contributed by atoms with Crippen molar-refractivity contribution in [2.45, 2.75) is 34.6 Å². The lowest BCUT2D eigenvalue weighted by Gasteiger charge is -2.27. The molecule has 7 nitrogen and oxygen atoms in total. The Labute approximate surface area is 138 Å². The first-order valence-corrected chi connectivity index (χ1v) is 8.11. The van der Waals surface area contributed by atoms with Gasteiger partial charge in [0.05, 0.1) is 6.54 Å². The predicted octanol–water partition coefficient (Wildman–Crippen LogP) is 1.75. The molecule has 1 heterocycles. The molecule has 7 heteroatoms. The first-order chi connectivity index (χ1) is 10.9. The molecule has 0 saturated carbocycles. The number of likely N-dealkylation sites (N-methyl/N-ethyl adjacent to an activating group) is 1. The number of nitrogens with one attached hydrogen (secondary N) is 1. The van der Waals surface area contributed by atoms with Gasteiger partial charge in [0, 0.05) is 25.1 Å². The van der Waals surface area contributed by atoms with E-state index < -0.39 is 0 Å². The van der Waals surface area contributed by atoms with Gasteiger partial charge in [-0.15, -0.1) is 0 Å². The van der Waals surface area contributed by atoms with Crippen LogP contribution in [0.1, 0.15) is 33.5 Å². The van der Waals surface area contributed by atoms with E-state index in [1.807, 2.05) is 13.8 Å². The smallest absolute Gasteiger partial charge is 0.245 e. The summed E-state index contributed by atoms with van der Waals surface area (Å²) < 4.78 is 4.91. The Bertz CT molecular complexity index is 509. The molecule has 0 aliphatic carbocycles. The van der Waals surface area contributed by atoms with Crippen molar-refractivity contribution in [3.8, 4) is 0 Å². The monoisotopic (exact) mass is 324 g/mol. The average molecular weight is 324 g/mol. The molecule has 0 atom stereocenters. The number of rotatable bonds is 9. The molecule has 0 radical (unpaired) electrons. The third kappa shape index (κ3) is 6.40. The molecule has 130 valence electrons. The van der Waals surface area contributed by atoms with E-state index in [0.29, 0.717) is 18.1 Å². The number of carbonyl (C=O) groups excluding carboxylic acids is 2. The van der Waals surface area contributed by atoms with E-state index >= 15 is 0 Å². The average Bonchev–Trinajstić information content (AvgIpc) is 2.91. The standard InChI is InChI=1S/C16H28N4O3/c1-6-19(7-2)8-9-20(16(22)12(3)4)11-15(21)17-14-10-13(5)23-18-14/h10,12H,6-9,11H2,1-5H3,(H,17,18,21). The quantitative estimate of drug-likeness (QED) is 0.748. The fraction of sp³-hybridized carbons (Fsp3) is 0.688. The van der Waals surface area contributed by atoms with Crippen molar-refractivity contribution < 1.29 is 14.1 Å². The Hall–Kier alpha value is -1.89. The lowest BCUT2D eigenvalue weighted by Crippen LogP contribution is -2.44. The minimum Gasteiger partial charge on any atom is -0.360 e. The summed E-state index contributed by atoms with van der Waals surface area (Å²) in [5.74, 6) is 0.550. The highest BCUT2D eigenvalue weighted by Crippen LogP contribution is 2.08. The number of carbonyl (C=O) groups is 2. The molecule has 0 aliphatic rings. The molecular weight excluding hydrogens is 296 g/mol. The van der Waals surface area contributed by atoms with Crippen molar-refractivity contribution in [1.82, 2.24) is 15.0 Å². The summed E-state index contributed by atoms with van der Waals surface area (Å²) in [5.41, 5.74) is 0. The number of anilines is 1. The van der Waals surface area contributed by atoms with Gasteiger partial charge in [0.2, 0.25) is 11.8 Å². The summed E-state index contributed by atoms with van der Waals surface area (Å²) in [6, 6.07) is 1.64. The van der Waals surface area contributed by atoms with Crippen LogP contribution in [0.2, 0.25) is 0 Å². The van der Waals surface area contributed by atoms with Crippen LogP contribution in [-0.4, -0.2) is 59.5 Å². The van der Waals surface area contributed by atoms with Crippen molar-refractivity contribution in [3.05, 3.63) is 11.8 Å². The van der Waals surface area contributed by atoms with E-state index in [9.17, 15) is 9.59 Å². The topological polar surface area (TPSA) is 78.7 Å². The third-order valence-electron chi connectivity index (χ3n) is 3.62. The normalized spacial score (nSPS) is 11.1. The first kappa shape index (κ1) is 19.2. The maximum absolute atomic E-state index is 12.3. The van der Waals surface area contributed by atoms with Gasteiger partial charge in [-0.3, -0.25) is 9.59 Å². The van der Waals surface area contributed by atoms with Crippen LogP contribution in [0.3, 0.4) is 0 Å². The Balaban J connectivity index is 2.64. The van der Waals surface area contributed by atoms with E-state index in [1.54, 1.807) is 17.9 Å². The molecular formula is C16H28N4O3. The molecule has 0 aliphatic heterocycles. The number of amides is 2. The molecule has 1 N–H and O–H groups in total. The van der Waals surface area contributed by atoms with E-state index in [1.165, 1.54) is 0 Å². The summed E-state index contributed by atoms with van der Waals surface area (Å²) in [6.07, 6.45) is 0. The Morgan fingerprint density at radius 2 is 1.91 bits per heavy atom. The van der Waals surface area contributed by atoms with E-state index in [2.05, 4.69) is 29.2 Å². The van der Waals surface area contributed by atoms with Crippen LogP contribution in [0.4, 0.5) is 5.82 Å². The van der Waals surface area contributed by atoms with Gasteiger partial charge in [-0.2, -0.15) is 0 Å². The molecule has 1 aromatic rings. The van der Waals surface area contributed by atoms with E-state index in [4.69, 9.17) is 4.52 Å². The zero-order valence-corrected chi connectivity index (χ0v) is 14.8. The van der Waals surface area contributed by atoms with Gasteiger partial charge >= 0.3 is 0 Å². The van der Waals surface area contributed by atoms with Crippen LogP contribution in [0.15, 0.2) is 10.6 Å². The second-order valence-electron chi connectivity index (χ2n) is 5.81. The van der Waals surface area contributed by atoms with E-state index in [-0.39, 0.29) is 24.3 Å². The van der Waals surface area contributed by atoms with Gasteiger partial charge in [0.1, 0.15) is 5.76 Å². The summed E-state index contributed by atoms with van der Waals surface area (Å²) in [6.45, 7) is 12.7. The molecule has 0 spiro atoms. The van der Waals surface area contributed by atoms with Gasteiger partial charge in [-0.05, 0) is 20.0 Å². The van der Waals surface area contributed by atoms with Gasteiger partial charge in [-0.25, -0.2) is 0 Å². The molecule has 2 amide bonds. The highest BCUT2D eigenvalue weighted by molar-refractivity contribution is 5.94. The zero-order valence-electron chi connectivity index (χ0n) is 14.8. The highest BCUT2D eigenvalue weighted by atomic mass is 16.5. The second-order valence-corrected chi connectivity index (χ2v) is 5.81. The van der Waals surface area contributed by atoms with E-state index in [0.717, 1.165) is 19.6 Å². The molecule has 0 saturated heterocycles. The summed E-state index contributed by atoms with van der Waals surface area (Å²) >= 11 is 0. The molecule has 0 unspecified atom stereocenters. The summed E-state index contributed by atoms with van der Waals surface area (Å²) in [5, 5.41) is 6.38. The lowest BCUT2D eigenvalue weighted by atomic mass is 10.2. The largest absolute Gasteiger partial charge is 0.360 e. The molecule has 23 heavy (non-hydrogen) atoms. The predicted molar refractivity (Wildman–Crippen MR) is 89.1 cm³/mol. The highest BCUT2D eigenvalue weighted by Gasteiger charge is 2.20. The number of nitrogens with zero attached hydrogens (tertiary/aromatic N) is 3. The van der Waals surface area contributed by atoms with Crippen molar-refractivity contribution >= 4 is 17.6 Å². The SMILES string of the molecule is CCN(CC)CCN(CC(=O)Nc1cc(C)on1)C(=O)C(C)C. The molecule has 0 aromatic carbocycles. The van der Waals surface area contributed by atoms with Crippen LogP contribution in [0, 0.1) is 12.8 Å². The Morgan fingerprint density at radius 3 is 2.39 bits per heavy atom. The van der Waals surface area contributed by atoms with Gasteiger partial charge in [0.15, 0.2) is 5.82 Å². The maximum Gasteiger partial charge on any atom is 0.245 e. The minimum atomic E-state index is -0.271. The zero-order chi connectivity index (χ0) is 17.4. The Morgan fingerprint density at radius 1 is 1.26 bits per heavy atom. The molecule has 0 bridgehead atoms. The van der Waals surface area contributed by atoms with Crippen molar-refractivity contribution in [3.63, 3.8) is 0 Å². The fourth-order valence-corrected chi connectivity index (χ4v) is 2.22. The van der Waals surface area contributed by atoms with Crippen molar-refractivity contribution in [1.29, 1.82) is 0 Å². The van der Waals surface area contributed by atoms with Crippen LogP contribution < -0.4 is 5.32 Å². The van der Waals surface area contributed by atoms with Gasteiger partial charge in [0.25, 0.3) is 0 Å². The van der Waals surface area contributed by atoms with Crippen LogP contribution in [0.5, 0.6) is 0 Å². The molecule has 1 rings (SSSR count). The minimum absolute atomic E-state index is 0.0180. The second kappa shape index (κ2) is 9.29. The first-order valence-electron chi connectivity index (χ1n) is 8.11. The third-order valence-corrected chi connectivity index (χ3v) is 3.62. The van der Waals surface area contributed by atoms with Crippen molar-refractivity contribution in [2.24, 2.45) is 5.92 Å². The Kier molecular flexibility index (Phi) is 7.74.